The number of aliphatic hydroxyl groups is 1. The van der Waals surface area contributed by atoms with Gasteiger partial charge in [-0.1, -0.05) is 22.6 Å². The molecule has 1 aromatic rings. The Kier molecular flexibility index (Phi) is 4.45. The highest BCUT2D eigenvalue weighted by Gasteiger charge is 2.35. The van der Waals surface area contributed by atoms with E-state index in [2.05, 4.69) is 22.6 Å². The molecule has 2 heterocycles. The van der Waals surface area contributed by atoms with Gasteiger partial charge in [0.05, 0.1) is 12.2 Å². The minimum Gasteiger partial charge on any atom is -0.390 e. The van der Waals surface area contributed by atoms with Crippen LogP contribution in [-0.2, 0) is 4.74 Å². The number of carbonyl (C=O) groups is 1. The molecular formula is C12H15IN2O5. The summed E-state index contributed by atoms with van der Waals surface area (Å²) in [6, 6.07) is 0. The highest BCUT2D eigenvalue weighted by Crippen LogP contribution is 2.28. The molecule has 0 aromatic carbocycles. The lowest BCUT2D eigenvalue weighted by Crippen LogP contribution is -2.44. The van der Waals surface area contributed by atoms with Gasteiger partial charge >= 0.3 is 5.69 Å². The molecule has 3 atom stereocenters. The molecule has 0 amide bonds. The van der Waals surface area contributed by atoms with Gasteiger partial charge in [-0.15, -0.1) is 0 Å². The third-order valence-corrected chi connectivity index (χ3v) is 4.13. The van der Waals surface area contributed by atoms with Crippen molar-refractivity contribution in [3.8, 4) is 0 Å². The lowest BCUT2D eigenvalue weighted by Gasteiger charge is -2.16. The average molecular weight is 394 g/mol. The Morgan fingerprint density at radius 1 is 1.55 bits per heavy atom. The second kappa shape index (κ2) is 5.78. The van der Waals surface area contributed by atoms with E-state index in [1.807, 2.05) is 0 Å². The van der Waals surface area contributed by atoms with Crippen LogP contribution in [0, 0.1) is 6.92 Å². The van der Waals surface area contributed by atoms with Crippen LogP contribution in [0.3, 0.4) is 0 Å². The van der Waals surface area contributed by atoms with Crippen molar-refractivity contribution in [3.63, 3.8) is 0 Å². The first kappa shape index (κ1) is 15.4. The molecular weight excluding hydrogens is 379 g/mol. The summed E-state index contributed by atoms with van der Waals surface area (Å²) >= 11 is 2.09. The van der Waals surface area contributed by atoms with Crippen LogP contribution in [-0.4, -0.2) is 36.8 Å². The van der Waals surface area contributed by atoms with Crippen LogP contribution in [0.15, 0.2) is 15.8 Å². The van der Waals surface area contributed by atoms with E-state index in [0.717, 1.165) is 6.92 Å². The molecule has 1 aromatic heterocycles. The molecule has 0 saturated carbocycles. The number of hydrogen-bond donors (Lipinski definition) is 1. The number of aryl methyl sites for hydroxylation is 1. The summed E-state index contributed by atoms with van der Waals surface area (Å²) in [5, 5.41) is 9.83. The lowest BCUT2D eigenvalue weighted by atomic mass is 10.2. The normalized spacial score (nSPS) is 25.9. The second-order valence-electron chi connectivity index (χ2n) is 4.75. The highest BCUT2D eigenvalue weighted by atomic mass is 127. The first-order valence-corrected chi connectivity index (χ1v) is 7.64. The predicted molar refractivity (Wildman–Crippen MR) is 79.4 cm³/mol. The summed E-state index contributed by atoms with van der Waals surface area (Å²) in [4.78, 5) is 35.5. The van der Waals surface area contributed by atoms with Gasteiger partial charge in [0, 0.05) is 29.5 Å². The van der Waals surface area contributed by atoms with Crippen LogP contribution in [0.4, 0.5) is 0 Å². The predicted octanol–water partition coefficient (Wildman–Crippen LogP) is 0.0619. The molecule has 2 rings (SSSR count). The van der Waals surface area contributed by atoms with E-state index in [4.69, 9.17) is 4.74 Å². The molecule has 1 aliphatic rings. The average Bonchev–Trinajstić information content (AvgIpc) is 2.74. The molecule has 20 heavy (non-hydrogen) atoms. The van der Waals surface area contributed by atoms with Crippen LogP contribution in [0.25, 0.3) is 0 Å². The zero-order chi connectivity index (χ0) is 15.0. The number of nitrogens with zero attached hydrogens (tertiary/aromatic N) is 2. The topological polar surface area (TPSA) is 90.5 Å². The first-order valence-electron chi connectivity index (χ1n) is 6.12. The third kappa shape index (κ3) is 2.59. The maximum Gasteiger partial charge on any atom is 0.340 e. The van der Waals surface area contributed by atoms with E-state index in [0.29, 0.717) is 8.99 Å². The number of ether oxygens (including phenoxy) is 1. The van der Waals surface area contributed by atoms with Crippen LogP contribution in [0.2, 0.25) is 0 Å². The molecule has 1 N–H and O–H groups in total. The summed E-state index contributed by atoms with van der Waals surface area (Å²) in [6.45, 7) is 2.68. The summed E-state index contributed by atoms with van der Waals surface area (Å²) in [5.41, 5.74) is -1.09. The third-order valence-electron chi connectivity index (χ3n) is 3.27. The van der Waals surface area contributed by atoms with Gasteiger partial charge in [-0.25, -0.2) is 4.79 Å². The van der Waals surface area contributed by atoms with Crippen LogP contribution >= 0.6 is 22.6 Å². The van der Waals surface area contributed by atoms with Crippen molar-refractivity contribution >= 4 is 28.5 Å². The summed E-state index contributed by atoms with van der Waals surface area (Å²) < 4.78 is 7.98. The molecule has 1 aliphatic heterocycles. The van der Waals surface area contributed by atoms with Gasteiger partial charge in [-0.3, -0.25) is 14.2 Å². The Morgan fingerprint density at radius 3 is 2.70 bits per heavy atom. The fourth-order valence-electron chi connectivity index (χ4n) is 2.21. The number of carbonyl (C=O) groups excluding carboxylic acids is 1. The Hall–Kier alpha value is -1.00. The molecule has 1 saturated heterocycles. The first-order chi connectivity index (χ1) is 9.36. The van der Waals surface area contributed by atoms with E-state index in [9.17, 15) is 19.5 Å². The molecule has 0 bridgehead atoms. The van der Waals surface area contributed by atoms with Gasteiger partial charge in [0.1, 0.15) is 6.23 Å². The zero-order valence-corrected chi connectivity index (χ0v) is 13.2. The van der Waals surface area contributed by atoms with E-state index >= 15 is 0 Å². The molecule has 1 fully saturated rings. The lowest BCUT2D eigenvalue weighted by molar-refractivity contribution is -0.00667. The smallest absolute Gasteiger partial charge is 0.340 e. The van der Waals surface area contributed by atoms with Gasteiger partial charge < -0.3 is 9.84 Å². The van der Waals surface area contributed by atoms with Crippen molar-refractivity contribution in [2.24, 2.45) is 0 Å². The minimum absolute atomic E-state index is 0.253. The second-order valence-corrected chi connectivity index (χ2v) is 5.63. The van der Waals surface area contributed by atoms with E-state index in [1.54, 1.807) is 0 Å². The molecule has 1 unspecified atom stereocenters. The number of hydrogen-bond acceptors (Lipinski definition) is 5. The summed E-state index contributed by atoms with van der Waals surface area (Å²) in [6.07, 6.45) is -0.0605. The Bertz CT molecular complexity index is 650. The van der Waals surface area contributed by atoms with Crippen molar-refractivity contribution in [2.45, 2.75) is 38.7 Å². The standard InChI is InChI=1S/C12H15IN2O5/c1-6-5-14(10-3-8(17)9(4-13)20-10)12(19)15(7(2)16)11(6)18/h5,8-10,17H,3-4H2,1-2H3/t8?,9-,10-/m1/s1. The van der Waals surface area contributed by atoms with Gasteiger partial charge in [0.25, 0.3) is 5.56 Å². The number of aliphatic hydroxyl groups excluding tert-OH is 1. The number of halogens is 1. The Labute approximate surface area is 128 Å². The van der Waals surface area contributed by atoms with Crippen LogP contribution in [0.1, 0.15) is 29.9 Å². The number of aromatic nitrogens is 2. The fraction of sp³-hybridized carbons (Fsp3) is 0.583. The van der Waals surface area contributed by atoms with Crippen LogP contribution in [0.5, 0.6) is 0 Å². The van der Waals surface area contributed by atoms with Gasteiger partial charge in [-0.05, 0) is 6.92 Å². The molecule has 110 valence electrons. The quantitative estimate of drug-likeness (QED) is 0.566. The molecule has 8 heteroatoms. The SMILES string of the molecule is CC(=O)n1c(=O)c(C)cn([C@H]2CC(O)[C@@H](CI)O2)c1=O. The monoisotopic (exact) mass is 394 g/mol. The molecule has 0 aliphatic carbocycles. The van der Waals surface area contributed by atoms with E-state index in [1.165, 1.54) is 17.7 Å². The molecule has 0 radical (unpaired) electrons. The maximum atomic E-state index is 12.2. The van der Waals surface area contributed by atoms with E-state index in [-0.39, 0.29) is 18.1 Å². The van der Waals surface area contributed by atoms with Crippen molar-refractivity contribution in [1.82, 2.24) is 9.13 Å². The van der Waals surface area contributed by atoms with Crippen LogP contribution < -0.4 is 11.2 Å². The minimum atomic E-state index is -0.737. The fourth-order valence-corrected chi connectivity index (χ4v) is 3.00. The summed E-state index contributed by atoms with van der Waals surface area (Å²) in [7, 11) is 0. The molecule has 7 nitrogen and oxygen atoms in total. The highest BCUT2D eigenvalue weighted by molar-refractivity contribution is 14.1. The summed E-state index contributed by atoms with van der Waals surface area (Å²) in [5.74, 6) is -0.638. The van der Waals surface area contributed by atoms with Gasteiger partial charge in [0.2, 0.25) is 5.91 Å². The van der Waals surface area contributed by atoms with Gasteiger partial charge in [-0.2, -0.15) is 4.57 Å². The zero-order valence-electron chi connectivity index (χ0n) is 11.1. The van der Waals surface area contributed by atoms with Gasteiger partial charge in [0.15, 0.2) is 0 Å². The molecule has 0 spiro atoms. The van der Waals surface area contributed by atoms with Crippen molar-refractivity contribution in [3.05, 3.63) is 32.6 Å². The van der Waals surface area contributed by atoms with Crippen molar-refractivity contribution in [2.75, 3.05) is 4.43 Å². The Balaban J connectivity index is 2.52. The number of alkyl halides is 1. The van der Waals surface area contributed by atoms with E-state index < -0.39 is 29.5 Å². The van der Waals surface area contributed by atoms with Crippen molar-refractivity contribution in [1.29, 1.82) is 0 Å². The maximum absolute atomic E-state index is 12.2. The number of rotatable bonds is 2. The Morgan fingerprint density at radius 2 is 2.20 bits per heavy atom. The largest absolute Gasteiger partial charge is 0.390 e. The van der Waals surface area contributed by atoms with Crippen molar-refractivity contribution < 1.29 is 14.6 Å².